The topological polar surface area (TPSA) is 80.9 Å². The van der Waals surface area contributed by atoms with Crippen LogP contribution in [0.15, 0.2) is 91.0 Å². The van der Waals surface area contributed by atoms with Crippen LogP contribution in [0.2, 0.25) is 0 Å². The molecule has 10 rings (SSSR count). The Bertz CT molecular complexity index is 2530. The molecule has 1 aromatic heterocycles. The van der Waals surface area contributed by atoms with Crippen LogP contribution >= 0.6 is 0 Å². The highest BCUT2D eigenvalue weighted by Gasteiger charge is 2.52. The number of aromatic nitrogens is 3. The molecule has 296 valence electrons. The van der Waals surface area contributed by atoms with Crippen LogP contribution in [-0.2, 0) is 33.0 Å². The Morgan fingerprint density at radius 2 is 1.31 bits per heavy atom. The summed E-state index contributed by atoms with van der Waals surface area (Å²) in [7, 11) is -0.348. The molecule has 6 nitrogen and oxygen atoms in total. The van der Waals surface area contributed by atoms with E-state index in [0.717, 1.165) is 54.3 Å². The summed E-state index contributed by atoms with van der Waals surface area (Å²) in [4.78, 5) is 15.5. The average molecular weight is 777 g/mol. The molecule has 5 aromatic rings. The van der Waals surface area contributed by atoms with Crippen LogP contribution in [0.5, 0.6) is 0 Å². The van der Waals surface area contributed by atoms with Crippen molar-refractivity contribution in [3.8, 4) is 40.2 Å². The molecule has 3 unspecified atom stereocenters. The zero-order valence-corrected chi connectivity index (χ0v) is 35.1. The fourth-order valence-electron chi connectivity index (χ4n) is 11.1. The van der Waals surface area contributed by atoms with Crippen LogP contribution in [0.25, 0.3) is 46.3 Å². The van der Waals surface area contributed by atoms with Gasteiger partial charge in [-0.1, -0.05) is 92.6 Å². The first kappa shape index (κ1) is 38.1. The van der Waals surface area contributed by atoms with E-state index in [1.54, 1.807) is 0 Å². The van der Waals surface area contributed by atoms with Gasteiger partial charge in [0.25, 0.3) is 0 Å². The van der Waals surface area contributed by atoms with Crippen LogP contribution in [0.4, 0.5) is 0 Å². The van der Waals surface area contributed by atoms with E-state index in [4.69, 9.17) is 24.3 Å². The number of hydrogen-bond acceptors (Lipinski definition) is 6. The van der Waals surface area contributed by atoms with E-state index in [9.17, 15) is 5.26 Å². The standard InChI is InChI=1S/C52H53BN4O2/c1-49(2)50(3,4)59-53(58-49)41-26-24-40(25-27-41)52-28-10-11-35(31-52)30-51(5,33-52)39-22-20-37(21-23-39)47-55-46(36-18-16-34(32-54)17-19-36)56-48(57-47)45-29-38-12-6-7-13-42(38)43-14-8-9-15-44(43)45/h6,9,12,15-27,29,35H,7-8,10-11,13-14,28,30-31,33H2,1-5H3. The summed E-state index contributed by atoms with van der Waals surface area (Å²) in [5.74, 6) is 2.64. The highest BCUT2D eigenvalue weighted by atomic mass is 16.7. The van der Waals surface area contributed by atoms with Gasteiger partial charge in [-0.3, -0.25) is 0 Å². The molecule has 0 radical (unpaired) electrons. The quantitative estimate of drug-likeness (QED) is 0.160. The number of fused-ring (bicyclic) bond motifs is 5. The summed E-state index contributed by atoms with van der Waals surface area (Å²) in [6.07, 6.45) is 20.7. The van der Waals surface area contributed by atoms with Gasteiger partial charge in [-0.15, -0.1) is 0 Å². The third-order valence-corrected chi connectivity index (χ3v) is 14.8. The van der Waals surface area contributed by atoms with Gasteiger partial charge in [0, 0.05) is 16.7 Å². The SMILES string of the molecule is CC1(c2ccc(-c3nc(-c4ccc(C#N)cc4)nc(-c4cc5c(c6c4C=CCC6)CCC=C5)n3)cc2)CC2CCCC(c3ccc(B4OC(C)(C)C(C)(C)O4)cc3)(C2)C1. The monoisotopic (exact) mass is 776 g/mol. The van der Waals surface area contributed by atoms with E-state index in [1.807, 2.05) is 24.3 Å². The summed E-state index contributed by atoms with van der Waals surface area (Å²) >= 11 is 0. The highest BCUT2D eigenvalue weighted by molar-refractivity contribution is 6.62. The molecule has 4 aliphatic carbocycles. The Morgan fingerprint density at radius 3 is 1.98 bits per heavy atom. The zero-order valence-electron chi connectivity index (χ0n) is 35.1. The van der Waals surface area contributed by atoms with E-state index in [2.05, 4.69) is 120 Å². The Balaban J connectivity index is 0.992. The summed E-state index contributed by atoms with van der Waals surface area (Å²) in [6.45, 7) is 11.0. The number of allylic oxidation sites excluding steroid dienone is 2. The number of benzene rings is 4. The Kier molecular flexibility index (Phi) is 9.19. The molecule has 0 spiro atoms. The van der Waals surface area contributed by atoms with Crippen LogP contribution in [0.1, 0.15) is 125 Å². The molecule has 7 heteroatoms. The normalized spacial score (nSPS) is 24.9. The van der Waals surface area contributed by atoms with Gasteiger partial charge in [0.1, 0.15) is 0 Å². The van der Waals surface area contributed by atoms with E-state index in [0.29, 0.717) is 29.0 Å². The minimum absolute atomic E-state index is 0.0339. The van der Waals surface area contributed by atoms with Gasteiger partial charge in [-0.2, -0.15) is 5.26 Å². The molecule has 2 heterocycles. The number of nitrogens with zero attached hydrogens (tertiary/aromatic N) is 4. The van der Waals surface area contributed by atoms with E-state index < -0.39 is 0 Å². The predicted octanol–water partition coefficient (Wildman–Crippen LogP) is 11.1. The minimum Gasteiger partial charge on any atom is -0.399 e. The first-order valence-corrected chi connectivity index (χ1v) is 21.8. The van der Waals surface area contributed by atoms with Crippen molar-refractivity contribution in [3.63, 3.8) is 0 Å². The van der Waals surface area contributed by atoms with E-state index in [1.165, 1.54) is 65.5 Å². The Labute approximate surface area is 350 Å². The number of rotatable bonds is 6. The van der Waals surface area contributed by atoms with Gasteiger partial charge >= 0.3 is 7.12 Å². The molecule has 1 aliphatic heterocycles. The maximum Gasteiger partial charge on any atom is 0.494 e. The second-order valence-corrected chi connectivity index (χ2v) is 19.2. The predicted molar refractivity (Wildman–Crippen MR) is 238 cm³/mol. The molecular weight excluding hydrogens is 723 g/mol. The van der Waals surface area contributed by atoms with Gasteiger partial charge in [-0.25, -0.2) is 15.0 Å². The molecule has 2 saturated carbocycles. The minimum atomic E-state index is -0.359. The van der Waals surface area contributed by atoms with Crippen molar-refractivity contribution >= 4 is 24.7 Å². The number of nitriles is 1. The second kappa shape index (κ2) is 14.2. The largest absolute Gasteiger partial charge is 0.494 e. The van der Waals surface area contributed by atoms with Crippen molar-refractivity contribution in [1.29, 1.82) is 5.26 Å². The molecule has 1 saturated heterocycles. The highest BCUT2D eigenvalue weighted by Crippen LogP contribution is 2.57. The molecule has 0 amide bonds. The van der Waals surface area contributed by atoms with Crippen molar-refractivity contribution in [3.05, 3.63) is 130 Å². The molecule has 3 fully saturated rings. The lowest BCUT2D eigenvalue weighted by molar-refractivity contribution is 0.00578. The average Bonchev–Trinajstić information content (AvgIpc) is 3.48. The van der Waals surface area contributed by atoms with Crippen LogP contribution in [0, 0.1) is 17.2 Å². The van der Waals surface area contributed by atoms with Crippen LogP contribution in [0.3, 0.4) is 0 Å². The first-order chi connectivity index (χ1) is 28.4. The summed E-state index contributed by atoms with van der Waals surface area (Å²) in [5, 5.41) is 9.51. The van der Waals surface area contributed by atoms with Crippen LogP contribution in [-0.4, -0.2) is 33.3 Å². The van der Waals surface area contributed by atoms with Gasteiger partial charge in [0.2, 0.25) is 0 Å². The third kappa shape index (κ3) is 6.70. The molecule has 4 aromatic carbocycles. The van der Waals surface area contributed by atoms with E-state index >= 15 is 0 Å². The van der Waals surface area contributed by atoms with Gasteiger partial charge in [0.05, 0.1) is 22.8 Å². The molecular formula is C52H53BN4O2. The lowest BCUT2D eigenvalue weighted by Crippen LogP contribution is -2.46. The lowest BCUT2D eigenvalue weighted by atomic mass is 9.51. The van der Waals surface area contributed by atoms with Gasteiger partial charge < -0.3 is 9.31 Å². The Hall–Kier alpha value is -5.16. The van der Waals surface area contributed by atoms with Crippen molar-refractivity contribution in [2.45, 2.75) is 121 Å². The fraction of sp³-hybridized carbons (Fsp3) is 0.385. The second-order valence-electron chi connectivity index (χ2n) is 19.2. The number of hydrogen-bond donors (Lipinski definition) is 0. The Morgan fingerprint density at radius 1 is 0.695 bits per heavy atom. The summed E-state index contributed by atoms with van der Waals surface area (Å²) < 4.78 is 12.8. The smallest absolute Gasteiger partial charge is 0.399 e. The van der Waals surface area contributed by atoms with E-state index in [-0.39, 0.29) is 29.2 Å². The van der Waals surface area contributed by atoms with Gasteiger partial charge in [-0.05, 0) is 165 Å². The molecule has 2 bridgehead atoms. The van der Waals surface area contributed by atoms with Crippen molar-refractivity contribution in [2.24, 2.45) is 5.92 Å². The molecule has 0 N–H and O–H groups in total. The first-order valence-electron chi connectivity index (χ1n) is 21.8. The van der Waals surface area contributed by atoms with Crippen molar-refractivity contribution < 1.29 is 9.31 Å². The molecule has 3 atom stereocenters. The third-order valence-electron chi connectivity index (χ3n) is 14.8. The summed E-state index contributed by atoms with van der Waals surface area (Å²) in [5.41, 5.74) is 12.3. The van der Waals surface area contributed by atoms with Crippen molar-refractivity contribution in [1.82, 2.24) is 15.0 Å². The maximum absolute atomic E-state index is 9.51. The van der Waals surface area contributed by atoms with Gasteiger partial charge in [0.15, 0.2) is 17.5 Å². The maximum atomic E-state index is 9.51. The molecule has 59 heavy (non-hydrogen) atoms. The lowest BCUT2D eigenvalue weighted by Gasteiger charge is -2.53. The molecule has 5 aliphatic rings. The summed E-state index contributed by atoms with van der Waals surface area (Å²) in [6, 6.07) is 30.4. The zero-order chi connectivity index (χ0) is 40.6. The van der Waals surface area contributed by atoms with Crippen LogP contribution < -0.4 is 5.46 Å². The van der Waals surface area contributed by atoms with Crippen molar-refractivity contribution in [2.75, 3.05) is 0 Å². The fourth-order valence-corrected chi connectivity index (χ4v) is 11.1.